The standard InChI is InChI=1S/C48H57ClN2O7/c1-31(26-56-42-15-20-50-41-10-5-7-32(2)45(41)42)21-36-22-35-23-43-44(58-30-34(29-57-43)28-55-27-33-11-13-39(53-3)14-12-33)25-40(35)47(36)16-18-48(19-17-47,46(52)54-4)51-38-9-6-8-37(49)24-38/h6,8-9,11-15,20,23-25,31-32,34,36,51H,5,7,10,16-19,21-22,26-30H2,1-4H3/t31-,32-,34?,36+,47?,48?/m1/s1. The van der Waals surface area contributed by atoms with Gasteiger partial charge < -0.3 is 33.7 Å². The van der Waals surface area contributed by atoms with Crippen molar-refractivity contribution >= 4 is 23.3 Å². The van der Waals surface area contributed by atoms with Gasteiger partial charge in [0.15, 0.2) is 11.5 Å². The smallest absolute Gasteiger partial charge is 0.331 e. The number of halogens is 1. The average molecular weight is 809 g/mol. The highest BCUT2D eigenvalue weighted by atomic mass is 35.5. The molecule has 3 aromatic carbocycles. The molecule has 1 aromatic heterocycles. The summed E-state index contributed by atoms with van der Waals surface area (Å²) in [6.45, 7) is 7.31. The van der Waals surface area contributed by atoms with Crippen LogP contribution in [0.3, 0.4) is 0 Å². The Morgan fingerprint density at radius 2 is 1.78 bits per heavy atom. The summed E-state index contributed by atoms with van der Waals surface area (Å²) >= 11 is 6.39. The number of aryl methyl sites for hydroxylation is 1. The Bertz CT molecular complexity index is 2060. The van der Waals surface area contributed by atoms with E-state index in [4.69, 9.17) is 45.0 Å². The van der Waals surface area contributed by atoms with Crippen LogP contribution in [0.4, 0.5) is 5.69 Å². The van der Waals surface area contributed by atoms with Crippen molar-refractivity contribution < 1.29 is 33.2 Å². The predicted molar refractivity (Wildman–Crippen MR) is 226 cm³/mol. The summed E-state index contributed by atoms with van der Waals surface area (Å²) in [4.78, 5) is 18.4. The average Bonchev–Trinajstić information content (AvgIpc) is 3.36. The van der Waals surface area contributed by atoms with Crippen LogP contribution in [0.25, 0.3) is 0 Å². The van der Waals surface area contributed by atoms with Crippen molar-refractivity contribution in [1.29, 1.82) is 0 Å². The number of methoxy groups -OCH3 is 2. The number of esters is 1. The highest BCUT2D eigenvalue weighted by Crippen LogP contribution is 2.58. The van der Waals surface area contributed by atoms with E-state index in [2.05, 4.69) is 31.3 Å². The first kappa shape index (κ1) is 40.3. The van der Waals surface area contributed by atoms with Gasteiger partial charge in [-0.3, -0.25) is 4.98 Å². The molecule has 4 atom stereocenters. The zero-order valence-electron chi connectivity index (χ0n) is 34.3. The van der Waals surface area contributed by atoms with Crippen molar-refractivity contribution in [3.63, 3.8) is 0 Å². The van der Waals surface area contributed by atoms with E-state index in [0.29, 0.717) is 68.7 Å². The molecule has 0 amide bonds. The lowest BCUT2D eigenvalue weighted by Crippen LogP contribution is -2.53. The molecule has 1 spiro atoms. The molecule has 4 aromatic rings. The van der Waals surface area contributed by atoms with Crippen molar-refractivity contribution in [2.24, 2.45) is 17.8 Å². The van der Waals surface area contributed by atoms with Crippen molar-refractivity contribution in [1.82, 2.24) is 4.98 Å². The van der Waals surface area contributed by atoms with Crippen LogP contribution in [0.1, 0.15) is 92.7 Å². The van der Waals surface area contributed by atoms with Crippen LogP contribution in [0.15, 0.2) is 72.9 Å². The molecule has 9 nitrogen and oxygen atoms in total. The third-order valence-corrected chi connectivity index (χ3v) is 13.5. The molecule has 2 heterocycles. The summed E-state index contributed by atoms with van der Waals surface area (Å²) in [6, 6.07) is 22.1. The van der Waals surface area contributed by atoms with Crippen LogP contribution in [-0.2, 0) is 39.1 Å². The first-order valence-corrected chi connectivity index (χ1v) is 21.4. The summed E-state index contributed by atoms with van der Waals surface area (Å²) in [7, 11) is 3.15. The number of ether oxygens (including phenoxy) is 6. The lowest BCUT2D eigenvalue weighted by molar-refractivity contribution is -0.148. The third kappa shape index (κ3) is 8.35. The largest absolute Gasteiger partial charge is 0.497 e. The summed E-state index contributed by atoms with van der Waals surface area (Å²) in [6.07, 6.45) is 10.1. The molecule has 58 heavy (non-hydrogen) atoms. The number of carbonyl (C=O) groups excluding carboxylic acids is 1. The number of hydrogen-bond donors (Lipinski definition) is 1. The van der Waals surface area contributed by atoms with E-state index in [1.165, 1.54) is 42.3 Å². The van der Waals surface area contributed by atoms with E-state index >= 15 is 0 Å². The number of nitrogens with zero attached hydrogens (tertiary/aromatic N) is 1. The van der Waals surface area contributed by atoms with Gasteiger partial charge in [0, 0.05) is 28.2 Å². The van der Waals surface area contributed by atoms with Crippen LogP contribution in [0.2, 0.25) is 5.02 Å². The minimum absolute atomic E-state index is 0.0879. The minimum atomic E-state index is -0.867. The fraction of sp³-hybridized carbons (Fsp3) is 0.500. The molecule has 0 bridgehead atoms. The molecule has 308 valence electrons. The Balaban J connectivity index is 1.01. The van der Waals surface area contributed by atoms with Crippen LogP contribution in [0.5, 0.6) is 23.0 Å². The van der Waals surface area contributed by atoms with E-state index in [1.807, 2.05) is 60.8 Å². The number of carbonyl (C=O) groups is 1. The number of anilines is 1. The zero-order valence-corrected chi connectivity index (χ0v) is 35.1. The Labute approximate surface area is 348 Å². The van der Waals surface area contributed by atoms with E-state index in [-0.39, 0.29) is 17.3 Å². The molecular weight excluding hydrogens is 752 g/mol. The van der Waals surface area contributed by atoms with Gasteiger partial charge in [0.1, 0.15) is 17.0 Å². The Kier molecular flexibility index (Phi) is 12.1. The SMILES string of the molecule is COC(=O)C1(Nc2cccc(Cl)c2)CCC2(CC1)c1cc3c(cc1C[C@@H]2C[C@@H](C)COc1ccnc2c1[C@H](C)CCC2)OCC(COCc1ccc(OC)cc1)CO3. The first-order chi connectivity index (χ1) is 28.2. The Morgan fingerprint density at radius 1 is 1.00 bits per heavy atom. The van der Waals surface area contributed by atoms with Gasteiger partial charge in [0.2, 0.25) is 0 Å². The number of aromatic nitrogens is 1. The second kappa shape index (κ2) is 17.4. The van der Waals surface area contributed by atoms with Gasteiger partial charge in [-0.1, -0.05) is 43.6 Å². The number of nitrogens with one attached hydrogen (secondary N) is 1. The number of fused-ring (bicyclic) bond motifs is 4. The van der Waals surface area contributed by atoms with E-state index in [0.717, 1.165) is 66.4 Å². The quantitative estimate of drug-likeness (QED) is 0.132. The predicted octanol–water partition coefficient (Wildman–Crippen LogP) is 9.90. The Morgan fingerprint density at radius 3 is 2.52 bits per heavy atom. The van der Waals surface area contributed by atoms with E-state index in [9.17, 15) is 4.79 Å². The normalized spacial score (nSPS) is 25.2. The number of pyridine rings is 1. The van der Waals surface area contributed by atoms with Crippen molar-refractivity contribution in [3.05, 3.63) is 106 Å². The topological polar surface area (TPSA) is 97.4 Å². The van der Waals surface area contributed by atoms with Crippen LogP contribution >= 0.6 is 11.6 Å². The fourth-order valence-corrected chi connectivity index (χ4v) is 10.3. The second-order valence-electron chi connectivity index (χ2n) is 17.2. The maximum absolute atomic E-state index is 13.7. The molecule has 8 rings (SSSR count). The molecule has 0 saturated heterocycles. The maximum Gasteiger partial charge on any atom is 0.331 e. The van der Waals surface area contributed by atoms with Gasteiger partial charge in [-0.25, -0.2) is 4.79 Å². The van der Waals surface area contributed by atoms with Gasteiger partial charge in [0.25, 0.3) is 0 Å². The molecule has 1 aliphatic heterocycles. The van der Waals surface area contributed by atoms with Crippen LogP contribution in [-0.4, -0.2) is 57.1 Å². The lowest BCUT2D eigenvalue weighted by atomic mass is 9.59. The first-order valence-electron chi connectivity index (χ1n) is 21.0. The molecular formula is C48H57ClN2O7. The van der Waals surface area contributed by atoms with Gasteiger partial charge in [-0.05, 0) is 146 Å². The third-order valence-electron chi connectivity index (χ3n) is 13.3. The molecule has 1 N–H and O–H groups in total. The van der Waals surface area contributed by atoms with E-state index in [1.54, 1.807) is 7.11 Å². The molecule has 1 saturated carbocycles. The monoisotopic (exact) mass is 808 g/mol. The van der Waals surface area contributed by atoms with Crippen molar-refractivity contribution in [3.8, 4) is 23.0 Å². The second-order valence-corrected chi connectivity index (χ2v) is 17.6. The molecule has 10 heteroatoms. The van der Waals surface area contributed by atoms with Gasteiger partial charge in [-0.2, -0.15) is 0 Å². The molecule has 1 fully saturated rings. The van der Waals surface area contributed by atoms with Crippen molar-refractivity contribution in [2.75, 3.05) is 46.0 Å². The maximum atomic E-state index is 13.7. The summed E-state index contributed by atoms with van der Waals surface area (Å²) < 4.78 is 36.6. The summed E-state index contributed by atoms with van der Waals surface area (Å²) in [5, 5.41) is 4.21. The molecule has 3 aliphatic carbocycles. The van der Waals surface area contributed by atoms with Crippen LogP contribution in [0, 0.1) is 17.8 Å². The Hall–Kier alpha value is -4.47. The molecule has 1 unspecified atom stereocenters. The van der Waals surface area contributed by atoms with E-state index < -0.39 is 5.54 Å². The lowest BCUT2D eigenvalue weighted by Gasteiger charge is -2.47. The summed E-state index contributed by atoms with van der Waals surface area (Å²) in [5.74, 6) is 4.34. The summed E-state index contributed by atoms with van der Waals surface area (Å²) in [5.41, 5.74) is 5.98. The molecule has 4 aliphatic rings. The van der Waals surface area contributed by atoms with Gasteiger partial charge in [0.05, 0.1) is 53.2 Å². The van der Waals surface area contributed by atoms with Crippen molar-refractivity contribution in [2.45, 2.75) is 95.1 Å². The highest BCUT2D eigenvalue weighted by Gasteiger charge is 2.55. The number of rotatable bonds is 13. The highest BCUT2D eigenvalue weighted by molar-refractivity contribution is 6.30. The zero-order chi connectivity index (χ0) is 40.3. The molecule has 0 radical (unpaired) electrons. The van der Waals surface area contributed by atoms with Crippen LogP contribution < -0.4 is 24.3 Å². The van der Waals surface area contributed by atoms with Gasteiger partial charge in [-0.15, -0.1) is 0 Å². The minimum Gasteiger partial charge on any atom is -0.497 e. The fourth-order valence-electron chi connectivity index (χ4n) is 10.1. The van der Waals surface area contributed by atoms with Gasteiger partial charge >= 0.3 is 5.97 Å². The number of hydrogen-bond acceptors (Lipinski definition) is 9. The number of benzene rings is 3.